The summed E-state index contributed by atoms with van der Waals surface area (Å²) < 4.78 is 16.0. The number of piperidine rings is 1. The molecule has 1 aromatic heterocycles. The first-order valence-corrected chi connectivity index (χ1v) is 15.9. The molecule has 1 aliphatic carbocycles. The monoisotopic (exact) mass is 573 g/mol. The highest BCUT2D eigenvalue weighted by molar-refractivity contribution is 5.80. The molecule has 0 N–H and O–H groups in total. The van der Waals surface area contributed by atoms with E-state index in [9.17, 15) is 4.79 Å². The molecule has 3 fully saturated rings. The number of amides is 1. The molecule has 3 aromatic rings. The minimum atomic E-state index is 0.103. The van der Waals surface area contributed by atoms with Gasteiger partial charge in [-0.15, -0.1) is 0 Å². The molecule has 2 saturated heterocycles. The molecule has 3 aliphatic heterocycles. The quantitative estimate of drug-likeness (QED) is 0.397. The molecule has 1 amide bonds. The van der Waals surface area contributed by atoms with Gasteiger partial charge in [0.1, 0.15) is 11.0 Å². The molecule has 2 aromatic carbocycles. The molecular weight excluding hydrogens is 530 g/mol. The number of piperazine rings is 1. The molecule has 7 rings (SSSR count). The number of carbonyl (C=O) groups excluding carboxylic acids is 1. The van der Waals surface area contributed by atoms with Crippen molar-refractivity contribution in [3.8, 4) is 11.5 Å². The molecule has 1 saturated carbocycles. The Morgan fingerprint density at radius 2 is 1.74 bits per heavy atom. The summed E-state index contributed by atoms with van der Waals surface area (Å²) in [6.45, 7) is 11.2. The van der Waals surface area contributed by atoms with E-state index in [2.05, 4.69) is 57.1 Å². The Balaban J connectivity index is 1.02. The van der Waals surface area contributed by atoms with E-state index in [0.29, 0.717) is 36.4 Å². The summed E-state index contributed by atoms with van der Waals surface area (Å²) in [4.78, 5) is 21.3. The average molecular weight is 574 g/mol. The van der Waals surface area contributed by atoms with Crippen LogP contribution in [0.25, 0.3) is 11.0 Å². The van der Waals surface area contributed by atoms with Crippen LogP contribution < -0.4 is 14.4 Å². The molecule has 4 aliphatic rings. The van der Waals surface area contributed by atoms with Gasteiger partial charge in [-0.2, -0.15) is 0 Å². The minimum absolute atomic E-state index is 0.103. The zero-order valence-electron chi connectivity index (χ0n) is 24.9. The van der Waals surface area contributed by atoms with Crippen LogP contribution in [0.2, 0.25) is 0 Å². The van der Waals surface area contributed by atoms with Gasteiger partial charge < -0.3 is 24.2 Å². The first-order chi connectivity index (χ1) is 20.5. The molecule has 0 radical (unpaired) electrons. The molecule has 4 atom stereocenters. The van der Waals surface area contributed by atoms with Gasteiger partial charge >= 0.3 is 0 Å². The van der Waals surface area contributed by atoms with Gasteiger partial charge in [0.25, 0.3) is 0 Å². The van der Waals surface area contributed by atoms with Gasteiger partial charge in [0.15, 0.2) is 11.5 Å². The molecule has 0 spiro atoms. The van der Waals surface area contributed by atoms with Crippen LogP contribution in [0.3, 0.4) is 0 Å². The molecule has 0 unspecified atom stereocenters. The van der Waals surface area contributed by atoms with Crippen molar-refractivity contribution in [2.24, 2.45) is 29.6 Å². The van der Waals surface area contributed by atoms with E-state index in [-0.39, 0.29) is 5.92 Å². The van der Waals surface area contributed by atoms with E-state index in [0.717, 1.165) is 80.5 Å². The second-order valence-corrected chi connectivity index (χ2v) is 13.2. The van der Waals surface area contributed by atoms with Crippen molar-refractivity contribution >= 4 is 22.6 Å². The topological polar surface area (TPSA) is 84.2 Å². The van der Waals surface area contributed by atoms with Gasteiger partial charge in [-0.1, -0.05) is 32.8 Å². The summed E-state index contributed by atoms with van der Waals surface area (Å²) in [5.41, 5.74) is 3.96. The number of fused-ring (bicyclic) bond motifs is 3. The summed E-state index contributed by atoms with van der Waals surface area (Å²) in [5.74, 6) is 4.40. The van der Waals surface area contributed by atoms with Gasteiger partial charge in [0, 0.05) is 51.5 Å². The maximum Gasteiger partial charge on any atom is 0.231 e. The Labute approximate surface area is 248 Å². The third-order valence-electron chi connectivity index (χ3n) is 10.3. The maximum absolute atomic E-state index is 14.2. The Kier molecular flexibility index (Phi) is 7.69. The minimum Gasteiger partial charge on any atom is -0.454 e. The Bertz CT molecular complexity index is 1400. The molecule has 4 heterocycles. The zero-order valence-corrected chi connectivity index (χ0v) is 24.9. The molecule has 9 heteroatoms. The first-order valence-electron chi connectivity index (χ1n) is 15.9. The van der Waals surface area contributed by atoms with E-state index >= 15 is 0 Å². The highest BCUT2D eigenvalue weighted by atomic mass is 16.7. The third kappa shape index (κ3) is 5.55. The molecule has 0 bridgehead atoms. The fraction of sp³-hybridized carbons (Fsp3) is 0.606. The highest BCUT2D eigenvalue weighted by Crippen LogP contribution is 2.41. The van der Waals surface area contributed by atoms with Crippen LogP contribution in [-0.4, -0.2) is 78.6 Å². The second kappa shape index (κ2) is 11.7. The summed E-state index contributed by atoms with van der Waals surface area (Å²) in [5, 5.41) is 7.92. The van der Waals surface area contributed by atoms with Gasteiger partial charge in [0.05, 0.1) is 5.92 Å². The normalized spacial score (nSPS) is 25.2. The van der Waals surface area contributed by atoms with E-state index in [4.69, 9.17) is 14.1 Å². The number of anilines is 1. The summed E-state index contributed by atoms with van der Waals surface area (Å²) >= 11 is 0. The molecule has 9 nitrogen and oxygen atoms in total. The van der Waals surface area contributed by atoms with Gasteiger partial charge in [-0.3, -0.25) is 4.79 Å². The Hall–Kier alpha value is -3.33. The lowest BCUT2D eigenvalue weighted by Crippen LogP contribution is -2.57. The molecule has 224 valence electrons. The van der Waals surface area contributed by atoms with Crippen LogP contribution in [0.5, 0.6) is 11.5 Å². The van der Waals surface area contributed by atoms with Crippen LogP contribution in [0, 0.1) is 29.6 Å². The van der Waals surface area contributed by atoms with E-state index in [1.807, 2.05) is 18.2 Å². The smallest absolute Gasteiger partial charge is 0.231 e. The third-order valence-corrected chi connectivity index (χ3v) is 10.3. The number of carbonyl (C=O) groups is 1. The predicted octanol–water partition coefficient (Wildman–Crippen LogP) is 4.85. The summed E-state index contributed by atoms with van der Waals surface area (Å²) in [7, 11) is 0. The number of rotatable bonds is 7. The average Bonchev–Trinajstić information content (AvgIpc) is 3.69. The molecule has 42 heavy (non-hydrogen) atoms. The lowest BCUT2D eigenvalue weighted by Gasteiger charge is -2.48. The van der Waals surface area contributed by atoms with Crippen LogP contribution in [0.1, 0.15) is 45.1 Å². The van der Waals surface area contributed by atoms with Crippen LogP contribution in [0.4, 0.5) is 5.69 Å². The maximum atomic E-state index is 14.2. The standard InChI is InChI=1S/C33H43N5O4/c1-22(2)25(15-23-7-10-31-32(16-23)41-21-40-31)19-36-18-24-5-3-4-6-27(24)28(20-36)33(39)38-13-11-37(12-14-38)26-8-9-29-30(17-26)35-42-34-29/h7-10,16-17,22,24-25,27-28H,3-6,11-15,18-21H2,1-2H3/t24-,25-,27+,28-/m1/s1. The van der Waals surface area contributed by atoms with E-state index in [1.54, 1.807) is 0 Å². The number of aromatic nitrogens is 2. The van der Waals surface area contributed by atoms with Crippen LogP contribution >= 0.6 is 0 Å². The van der Waals surface area contributed by atoms with Crippen molar-refractivity contribution < 1.29 is 18.9 Å². The number of nitrogens with zero attached hydrogens (tertiary/aromatic N) is 5. The van der Waals surface area contributed by atoms with Crippen molar-refractivity contribution in [1.82, 2.24) is 20.1 Å². The largest absolute Gasteiger partial charge is 0.454 e. The fourth-order valence-electron chi connectivity index (χ4n) is 7.82. The predicted molar refractivity (Wildman–Crippen MR) is 161 cm³/mol. The van der Waals surface area contributed by atoms with Crippen LogP contribution in [-0.2, 0) is 11.2 Å². The lowest BCUT2D eigenvalue weighted by molar-refractivity contribution is -0.142. The lowest BCUT2D eigenvalue weighted by atomic mass is 9.69. The number of ether oxygens (including phenoxy) is 2. The number of benzene rings is 2. The summed E-state index contributed by atoms with van der Waals surface area (Å²) in [6, 6.07) is 12.4. The van der Waals surface area contributed by atoms with Gasteiger partial charge in [0.2, 0.25) is 12.7 Å². The zero-order chi connectivity index (χ0) is 28.6. The van der Waals surface area contributed by atoms with Crippen molar-refractivity contribution in [2.75, 3.05) is 57.5 Å². The van der Waals surface area contributed by atoms with Gasteiger partial charge in [-0.05, 0) is 89.1 Å². The van der Waals surface area contributed by atoms with E-state index in [1.165, 1.54) is 31.2 Å². The fourth-order valence-corrected chi connectivity index (χ4v) is 7.82. The van der Waals surface area contributed by atoms with E-state index < -0.39 is 0 Å². The van der Waals surface area contributed by atoms with Crippen molar-refractivity contribution in [3.63, 3.8) is 0 Å². The number of likely N-dealkylation sites (tertiary alicyclic amines) is 1. The number of hydrogen-bond donors (Lipinski definition) is 0. The van der Waals surface area contributed by atoms with Crippen molar-refractivity contribution in [2.45, 2.75) is 46.0 Å². The first kappa shape index (κ1) is 27.5. The Morgan fingerprint density at radius 3 is 2.60 bits per heavy atom. The Morgan fingerprint density at radius 1 is 0.929 bits per heavy atom. The van der Waals surface area contributed by atoms with Gasteiger partial charge in [-0.25, -0.2) is 4.63 Å². The van der Waals surface area contributed by atoms with Crippen molar-refractivity contribution in [1.29, 1.82) is 0 Å². The van der Waals surface area contributed by atoms with Crippen molar-refractivity contribution in [3.05, 3.63) is 42.0 Å². The summed E-state index contributed by atoms with van der Waals surface area (Å²) in [6.07, 6.45) is 6.02. The highest BCUT2D eigenvalue weighted by Gasteiger charge is 2.43. The second-order valence-electron chi connectivity index (χ2n) is 13.2. The van der Waals surface area contributed by atoms with Crippen LogP contribution in [0.15, 0.2) is 41.0 Å². The molecular formula is C33H43N5O4. The number of hydrogen-bond acceptors (Lipinski definition) is 8. The SMILES string of the molecule is CC(C)[C@H](Cc1ccc2c(c1)OCO2)CN1C[C@H]2CCCC[C@@H]2[C@H](C(=O)N2CCN(c3ccc4nonc4c3)CC2)C1.